The molecule has 1 aromatic carbocycles. The molecule has 116 valence electrons. The van der Waals surface area contributed by atoms with Crippen LogP contribution in [-0.4, -0.2) is 36.2 Å². The summed E-state index contributed by atoms with van der Waals surface area (Å²) in [6.07, 6.45) is 1.65. The molecule has 1 aromatic heterocycles. The third-order valence-corrected chi connectivity index (χ3v) is 4.16. The molecule has 1 fully saturated rings. The quantitative estimate of drug-likeness (QED) is 0.879. The Balaban J connectivity index is 1.51. The van der Waals surface area contributed by atoms with E-state index in [0.29, 0.717) is 17.3 Å². The molecule has 2 aromatic rings. The van der Waals surface area contributed by atoms with E-state index in [2.05, 4.69) is 15.1 Å². The van der Waals surface area contributed by atoms with Gasteiger partial charge < -0.3 is 19.5 Å². The first kappa shape index (κ1) is 14.8. The molecule has 1 N–H and O–H groups in total. The van der Waals surface area contributed by atoms with Gasteiger partial charge in [0, 0.05) is 26.2 Å². The normalized spacial score (nSPS) is 15.0. The highest BCUT2D eigenvalue weighted by molar-refractivity contribution is 7.80. The molecule has 6 heteroatoms. The van der Waals surface area contributed by atoms with Gasteiger partial charge in [0.15, 0.2) is 5.11 Å². The number of benzene rings is 1. The molecule has 1 aliphatic rings. The van der Waals surface area contributed by atoms with Crippen LogP contribution in [0.4, 0.5) is 10.1 Å². The van der Waals surface area contributed by atoms with E-state index < -0.39 is 0 Å². The molecule has 0 amide bonds. The number of rotatable bonds is 3. The van der Waals surface area contributed by atoms with Crippen molar-refractivity contribution in [1.82, 2.24) is 10.2 Å². The van der Waals surface area contributed by atoms with E-state index in [-0.39, 0.29) is 5.82 Å². The van der Waals surface area contributed by atoms with Crippen LogP contribution in [0.1, 0.15) is 5.76 Å². The number of hydrogen-bond acceptors (Lipinski definition) is 3. The van der Waals surface area contributed by atoms with Gasteiger partial charge in [-0.3, -0.25) is 0 Å². The lowest BCUT2D eigenvalue weighted by Gasteiger charge is -2.37. The molecular weight excluding hydrogens is 301 g/mol. The van der Waals surface area contributed by atoms with Crippen LogP contribution < -0.4 is 10.2 Å². The first-order valence-corrected chi connectivity index (χ1v) is 7.69. The molecule has 4 nitrogen and oxygen atoms in total. The number of halogens is 1. The topological polar surface area (TPSA) is 31.6 Å². The fourth-order valence-corrected chi connectivity index (χ4v) is 2.80. The Bertz CT molecular complexity index is 624. The Labute approximate surface area is 134 Å². The summed E-state index contributed by atoms with van der Waals surface area (Å²) in [6.45, 7) is 3.64. The van der Waals surface area contributed by atoms with E-state index in [1.54, 1.807) is 12.3 Å². The van der Waals surface area contributed by atoms with Gasteiger partial charge in [-0.05, 0) is 36.5 Å². The van der Waals surface area contributed by atoms with E-state index >= 15 is 0 Å². The third-order valence-electron chi connectivity index (χ3n) is 3.75. The number of para-hydroxylation sites is 1. The predicted molar refractivity (Wildman–Crippen MR) is 88.3 cm³/mol. The summed E-state index contributed by atoms with van der Waals surface area (Å²) in [4.78, 5) is 4.16. The van der Waals surface area contributed by atoms with Gasteiger partial charge in [0.1, 0.15) is 11.6 Å². The van der Waals surface area contributed by atoms with Gasteiger partial charge in [-0.25, -0.2) is 4.39 Å². The van der Waals surface area contributed by atoms with Crippen LogP contribution in [0.25, 0.3) is 0 Å². The molecule has 22 heavy (non-hydrogen) atoms. The number of nitrogens with one attached hydrogen (secondary N) is 1. The monoisotopic (exact) mass is 319 g/mol. The van der Waals surface area contributed by atoms with E-state index in [0.717, 1.165) is 31.9 Å². The van der Waals surface area contributed by atoms with Crippen LogP contribution in [0.5, 0.6) is 0 Å². The maximum atomic E-state index is 13.8. The molecular formula is C16H18FN3OS. The smallest absolute Gasteiger partial charge is 0.169 e. The maximum absolute atomic E-state index is 13.8. The van der Waals surface area contributed by atoms with Crippen molar-refractivity contribution in [3.8, 4) is 0 Å². The molecule has 1 saturated heterocycles. The summed E-state index contributed by atoms with van der Waals surface area (Å²) in [7, 11) is 0. The third kappa shape index (κ3) is 3.39. The Morgan fingerprint density at radius 1 is 1.14 bits per heavy atom. The largest absolute Gasteiger partial charge is 0.467 e. The standard InChI is InChI=1S/C16H18FN3OS/c17-14-5-1-2-6-15(14)19-7-9-20(10-8-19)16(22)18-12-13-4-3-11-21-13/h1-6,11H,7-10,12H2,(H,18,22). The van der Waals surface area contributed by atoms with Gasteiger partial charge in [-0.1, -0.05) is 12.1 Å². The fraction of sp³-hybridized carbons (Fsp3) is 0.312. The lowest BCUT2D eigenvalue weighted by atomic mass is 10.2. The fourth-order valence-electron chi connectivity index (χ4n) is 2.55. The number of piperazine rings is 1. The minimum atomic E-state index is -0.172. The van der Waals surface area contributed by atoms with Crippen LogP contribution >= 0.6 is 12.2 Å². The van der Waals surface area contributed by atoms with Crippen LogP contribution in [-0.2, 0) is 6.54 Å². The first-order chi connectivity index (χ1) is 10.7. The van der Waals surface area contributed by atoms with Crippen molar-refractivity contribution < 1.29 is 8.81 Å². The minimum absolute atomic E-state index is 0.172. The molecule has 2 heterocycles. The molecule has 0 saturated carbocycles. The highest BCUT2D eigenvalue weighted by Gasteiger charge is 2.20. The van der Waals surface area contributed by atoms with Gasteiger partial charge in [-0.15, -0.1) is 0 Å². The molecule has 3 rings (SSSR count). The molecule has 0 aliphatic carbocycles. The number of nitrogens with zero attached hydrogens (tertiary/aromatic N) is 2. The molecule has 0 radical (unpaired) electrons. The van der Waals surface area contributed by atoms with Gasteiger partial charge >= 0.3 is 0 Å². The Morgan fingerprint density at radius 2 is 1.91 bits per heavy atom. The number of furan rings is 1. The Kier molecular flexibility index (Phi) is 4.58. The summed E-state index contributed by atoms with van der Waals surface area (Å²) in [6, 6.07) is 10.7. The van der Waals surface area contributed by atoms with Crippen LogP contribution in [0, 0.1) is 5.82 Å². The first-order valence-electron chi connectivity index (χ1n) is 7.28. The molecule has 0 unspecified atom stereocenters. The number of anilines is 1. The average molecular weight is 319 g/mol. The van der Waals surface area contributed by atoms with Crippen molar-refractivity contribution >= 4 is 23.0 Å². The second kappa shape index (κ2) is 6.79. The lowest BCUT2D eigenvalue weighted by molar-refractivity contribution is 0.375. The summed E-state index contributed by atoms with van der Waals surface area (Å²) in [5.41, 5.74) is 0.664. The number of thiocarbonyl (C=S) groups is 1. The van der Waals surface area contributed by atoms with Crippen LogP contribution in [0.2, 0.25) is 0 Å². The average Bonchev–Trinajstić information content (AvgIpc) is 3.07. The van der Waals surface area contributed by atoms with Crippen molar-refractivity contribution in [3.63, 3.8) is 0 Å². The van der Waals surface area contributed by atoms with E-state index in [1.165, 1.54) is 6.07 Å². The zero-order valence-corrected chi connectivity index (χ0v) is 13.0. The van der Waals surface area contributed by atoms with Gasteiger partial charge in [0.05, 0.1) is 18.5 Å². The van der Waals surface area contributed by atoms with Crippen molar-refractivity contribution in [2.24, 2.45) is 0 Å². The SMILES string of the molecule is Fc1ccccc1N1CCN(C(=S)NCc2ccco2)CC1. The summed E-state index contributed by atoms with van der Waals surface area (Å²) in [5, 5.41) is 3.90. The Morgan fingerprint density at radius 3 is 2.59 bits per heavy atom. The second-order valence-electron chi connectivity index (χ2n) is 5.16. The molecule has 0 bridgehead atoms. The number of hydrogen-bond donors (Lipinski definition) is 1. The summed E-state index contributed by atoms with van der Waals surface area (Å²) < 4.78 is 19.1. The van der Waals surface area contributed by atoms with Gasteiger partial charge in [0.2, 0.25) is 0 Å². The van der Waals surface area contributed by atoms with Gasteiger partial charge in [0.25, 0.3) is 0 Å². The van der Waals surface area contributed by atoms with Gasteiger partial charge in [-0.2, -0.15) is 0 Å². The zero-order valence-electron chi connectivity index (χ0n) is 12.2. The summed E-state index contributed by atoms with van der Waals surface area (Å²) in [5.74, 6) is 0.682. The minimum Gasteiger partial charge on any atom is -0.467 e. The predicted octanol–water partition coefficient (Wildman–Crippen LogP) is 2.62. The van der Waals surface area contributed by atoms with E-state index in [4.69, 9.17) is 16.6 Å². The highest BCUT2D eigenvalue weighted by Crippen LogP contribution is 2.20. The molecule has 1 aliphatic heterocycles. The highest BCUT2D eigenvalue weighted by atomic mass is 32.1. The second-order valence-corrected chi connectivity index (χ2v) is 5.55. The maximum Gasteiger partial charge on any atom is 0.169 e. The van der Waals surface area contributed by atoms with Crippen LogP contribution in [0.15, 0.2) is 47.1 Å². The van der Waals surface area contributed by atoms with Crippen molar-refractivity contribution in [2.75, 3.05) is 31.1 Å². The van der Waals surface area contributed by atoms with Crippen molar-refractivity contribution in [2.45, 2.75) is 6.54 Å². The van der Waals surface area contributed by atoms with E-state index in [9.17, 15) is 4.39 Å². The summed E-state index contributed by atoms with van der Waals surface area (Å²) >= 11 is 5.41. The lowest BCUT2D eigenvalue weighted by Crippen LogP contribution is -2.51. The van der Waals surface area contributed by atoms with Crippen molar-refractivity contribution in [1.29, 1.82) is 0 Å². The van der Waals surface area contributed by atoms with Crippen molar-refractivity contribution in [3.05, 3.63) is 54.2 Å². The van der Waals surface area contributed by atoms with Crippen LogP contribution in [0.3, 0.4) is 0 Å². The Hall–Kier alpha value is -2.08. The molecule has 0 atom stereocenters. The molecule has 0 spiro atoms. The van der Waals surface area contributed by atoms with E-state index in [1.807, 2.05) is 24.3 Å². The zero-order chi connectivity index (χ0) is 15.4.